The zero-order valence-electron chi connectivity index (χ0n) is 6.85. The van der Waals surface area contributed by atoms with Crippen LogP contribution in [0.25, 0.3) is 0 Å². The van der Waals surface area contributed by atoms with E-state index < -0.39 is 5.60 Å². The van der Waals surface area contributed by atoms with Crippen LogP contribution in [0.4, 0.5) is 0 Å². The van der Waals surface area contributed by atoms with Gasteiger partial charge in [-0.25, -0.2) is 0 Å². The minimum Gasteiger partial charge on any atom is -0.390 e. The Hall–Kier alpha value is -0.0800. The fourth-order valence-corrected chi connectivity index (χ4v) is 1.34. The molecule has 2 nitrogen and oxygen atoms in total. The highest BCUT2D eigenvalue weighted by Crippen LogP contribution is 2.24. The van der Waals surface area contributed by atoms with E-state index in [1.165, 1.54) is 0 Å². The first-order valence-corrected chi connectivity index (χ1v) is 4.06. The van der Waals surface area contributed by atoms with Gasteiger partial charge in [0.15, 0.2) is 0 Å². The van der Waals surface area contributed by atoms with E-state index in [1.807, 2.05) is 6.92 Å². The highest BCUT2D eigenvalue weighted by atomic mass is 16.3. The van der Waals surface area contributed by atoms with Gasteiger partial charge in [0, 0.05) is 0 Å². The van der Waals surface area contributed by atoms with E-state index in [9.17, 15) is 5.11 Å². The standard InChI is InChI=1S/C8H17NO/c1-7-3-5-9-6-4-8(7,2)10/h7,9-10H,3-6H2,1-2H3. The third kappa shape index (κ3) is 1.70. The monoisotopic (exact) mass is 143 g/mol. The van der Waals surface area contributed by atoms with Gasteiger partial charge in [0.05, 0.1) is 5.60 Å². The Kier molecular flexibility index (Phi) is 2.32. The van der Waals surface area contributed by atoms with Crippen molar-refractivity contribution in [2.24, 2.45) is 5.92 Å². The maximum absolute atomic E-state index is 9.78. The molecule has 0 aromatic heterocycles. The van der Waals surface area contributed by atoms with Crippen molar-refractivity contribution < 1.29 is 5.11 Å². The predicted octanol–water partition coefficient (Wildman–Crippen LogP) is 0.757. The number of hydrogen-bond acceptors (Lipinski definition) is 2. The summed E-state index contributed by atoms with van der Waals surface area (Å²) in [4.78, 5) is 0. The second kappa shape index (κ2) is 2.89. The van der Waals surface area contributed by atoms with Gasteiger partial charge in [-0.3, -0.25) is 0 Å². The molecule has 0 amide bonds. The first-order valence-electron chi connectivity index (χ1n) is 4.06. The minimum atomic E-state index is -0.441. The van der Waals surface area contributed by atoms with Crippen molar-refractivity contribution >= 4 is 0 Å². The van der Waals surface area contributed by atoms with Crippen molar-refractivity contribution in [3.05, 3.63) is 0 Å². The van der Waals surface area contributed by atoms with Gasteiger partial charge in [-0.05, 0) is 38.8 Å². The Morgan fingerprint density at radius 2 is 2.20 bits per heavy atom. The van der Waals surface area contributed by atoms with Crippen molar-refractivity contribution in [2.75, 3.05) is 13.1 Å². The van der Waals surface area contributed by atoms with Crippen molar-refractivity contribution in [3.63, 3.8) is 0 Å². The average Bonchev–Trinajstić information content (AvgIpc) is 1.96. The number of nitrogens with one attached hydrogen (secondary N) is 1. The molecular formula is C8H17NO. The fraction of sp³-hybridized carbons (Fsp3) is 1.00. The lowest BCUT2D eigenvalue weighted by molar-refractivity contribution is 0.00377. The lowest BCUT2D eigenvalue weighted by Gasteiger charge is -2.27. The molecule has 0 aliphatic carbocycles. The number of hydrogen-bond donors (Lipinski definition) is 2. The SMILES string of the molecule is CC1CCNCCC1(C)O. The second-order valence-corrected chi connectivity index (χ2v) is 3.55. The first-order chi connectivity index (χ1) is 4.63. The van der Waals surface area contributed by atoms with E-state index in [0.717, 1.165) is 25.9 Å². The van der Waals surface area contributed by atoms with E-state index >= 15 is 0 Å². The van der Waals surface area contributed by atoms with Gasteiger partial charge < -0.3 is 10.4 Å². The molecule has 1 rings (SSSR count). The summed E-state index contributed by atoms with van der Waals surface area (Å²) in [7, 11) is 0. The molecule has 60 valence electrons. The lowest BCUT2D eigenvalue weighted by atomic mass is 9.87. The van der Waals surface area contributed by atoms with Crippen LogP contribution in [-0.2, 0) is 0 Å². The molecule has 1 fully saturated rings. The van der Waals surface area contributed by atoms with Gasteiger partial charge >= 0.3 is 0 Å². The highest BCUT2D eigenvalue weighted by molar-refractivity contribution is 4.82. The zero-order valence-corrected chi connectivity index (χ0v) is 6.85. The second-order valence-electron chi connectivity index (χ2n) is 3.55. The van der Waals surface area contributed by atoms with Crippen molar-refractivity contribution in [3.8, 4) is 0 Å². The predicted molar refractivity (Wildman–Crippen MR) is 41.9 cm³/mol. The molecule has 2 unspecified atom stereocenters. The topological polar surface area (TPSA) is 32.3 Å². The summed E-state index contributed by atoms with van der Waals surface area (Å²) in [6, 6.07) is 0. The summed E-state index contributed by atoms with van der Waals surface area (Å²) in [5.74, 6) is 0.433. The van der Waals surface area contributed by atoms with E-state index in [-0.39, 0.29) is 0 Å². The Balaban J connectivity index is 2.52. The molecule has 0 spiro atoms. The fourth-order valence-electron chi connectivity index (χ4n) is 1.34. The number of aliphatic hydroxyl groups is 1. The summed E-state index contributed by atoms with van der Waals surface area (Å²) in [5.41, 5.74) is -0.441. The molecule has 0 bridgehead atoms. The minimum absolute atomic E-state index is 0.433. The molecule has 1 saturated heterocycles. The van der Waals surface area contributed by atoms with Crippen molar-refractivity contribution in [2.45, 2.75) is 32.3 Å². The van der Waals surface area contributed by atoms with Crippen molar-refractivity contribution in [1.82, 2.24) is 5.32 Å². The highest BCUT2D eigenvalue weighted by Gasteiger charge is 2.28. The van der Waals surface area contributed by atoms with Crippen LogP contribution < -0.4 is 5.32 Å². The molecule has 2 heteroatoms. The van der Waals surface area contributed by atoms with Gasteiger partial charge in [0.25, 0.3) is 0 Å². The smallest absolute Gasteiger partial charge is 0.0657 e. The summed E-state index contributed by atoms with van der Waals surface area (Å²) in [5, 5.41) is 13.1. The van der Waals surface area contributed by atoms with E-state index in [0.29, 0.717) is 5.92 Å². The number of rotatable bonds is 0. The third-order valence-electron chi connectivity index (χ3n) is 2.62. The summed E-state index contributed by atoms with van der Waals surface area (Å²) >= 11 is 0. The summed E-state index contributed by atoms with van der Waals surface area (Å²) in [6.07, 6.45) is 1.97. The van der Waals surface area contributed by atoms with E-state index in [4.69, 9.17) is 0 Å². The largest absolute Gasteiger partial charge is 0.390 e. The van der Waals surface area contributed by atoms with Gasteiger partial charge in [0.1, 0.15) is 0 Å². The van der Waals surface area contributed by atoms with Gasteiger partial charge in [0.2, 0.25) is 0 Å². The molecule has 1 aliphatic rings. The Bertz CT molecular complexity index is 112. The van der Waals surface area contributed by atoms with Crippen LogP contribution in [0, 0.1) is 5.92 Å². The molecule has 1 aliphatic heterocycles. The molecule has 2 atom stereocenters. The maximum Gasteiger partial charge on any atom is 0.0657 e. The average molecular weight is 143 g/mol. The Morgan fingerprint density at radius 1 is 1.50 bits per heavy atom. The molecule has 0 aromatic rings. The van der Waals surface area contributed by atoms with Crippen LogP contribution in [0.3, 0.4) is 0 Å². The van der Waals surface area contributed by atoms with Crippen LogP contribution in [0.15, 0.2) is 0 Å². The molecule has 0 saturated carbocycles. The molecular weight excluding hydrogens is 126 g/mol. The third-order valence-corrected chi connectivity index (χ3v) is 2.62. The van der Waals surface area contributed by atoms with Crippen LogP contribution >= 0.6 is 0 Å². The van der Waals surface area contributed by atoms with E-state index in [1.54, 1.807) is 0 Å². The van der Waals surface area contributed by atoms with Gasteiger partial charge in [-0.2, -0.15) is 0 Å². The van der Waals surface area contributed by atoms with Crippen LogP contribution in [-0.4, -0.2) is 23.8 Å². The molecule has 10 heavy (non-hydrogen) atoms. The normalized spacial score (nSPS) is 42.9. The van der Waals surface area contributed by atoms with Crippen molar-refractivity contribution in [1.29, 1.82) is 0 Å². The lowest BCUT2D eigenvalue weighted by Crippen LogP contribution is -2.32. The Labute approximate surface area is 62.6 Å². The molecule has 2 N–H and O–H groups in total. The van der Waals surface area contributed by atoms with Gasteiger partial charge in [-0.1, -0.05) is 6.92 Å². The van der Waals surface area contributed by atoms with E-state index in [2.05, 4.69) is 12.2 Å². The maximum atomic E-state index is 9.78. The summed E-state index contributed by atoms with van der Waals surface area (Å²) < 4.78 is 0. The quantitative estimate of drug-likeness (QED) is 0.524. The molecule has 0 aromatic carbocycles. The van der Waals surface area contributed by atoms with Crippen LogP contribution in [0.1, 0.15) is 26.7 Å². The zero-order chi connectivity index (χ0) is 7.61. The van der Waals surface area contributed by atoms with Crippen LogP contribution in [0.2, 0.25) is 0 Å². The summed E-state index contributed by atoms with van der Waals surface area (Å²) in [6.45, 7) is 6.06. The Morgan fingerprint density at radius 3 is 2.90 bits per heavy atom. The van der Waals surface area contributed by atoms with Gasteiger partial charge in [-0.15, -0.1) is 0 Å². The molecule has 1 heterocycles. The molecule has 0 radical (unpaired) electrons. The van der Waals surface area contributed by atoms with Crippen LogP contribution in [0.5, 0.6) is 0 Å². The first kappa shape index (κ1) is 8.02.